The van der Waals surface area contributed by atoms with E-state index in [2.05, 4.69) is 22.9 Å². The molecule has 0 saturated heterocycles. The van der Waals surface area contributed by atoms with Crippen LogP contribution in [0.5, 0.6) is 0 Å². The number of hydrogen-bond acceptors (Lipinski definition) is 8. The molecule has 2 aromatic carbocycles. The minimum atomic E-state index is -1.06. The lowest BCUT2D eigenvalue weighted by atomic mass is 10.0. The van der Waals surface area contributed by atoms with Crippen molar-refractivity contribution in [2.24, 2.45) is 0 Å². The summed E-state index contributed by atoms with van der Waals surface area (Å²) in [5, 5.41) is 8.16. The normalized spacial score (nSPS) is 12.6. The molecule has 3 unspecified atom stereocenters. The molecule has 0 aromatic heterocycles. The smallest absolute Gasteiger partial charge is 0.333 e. The minimum absolute atomic E-state index is 0.00599. The van der Waals surface area contributed by atoms with Gasteiger partial charge in [-0.05, 0) is 30.9 Å². The van der Waals surface area contributed by atoms with Crippen LogP contribution in [0, 0.1) is 0 Å². The number of hydrogen-bond donors (Lipinski definition) is 3. The van der Waals surface area contributed by atoms with Gasteiger partial charge in [-0.15, -0.1) is 0 Å². The molecule has 3 amide bonds. The van der Waals surface area contributed by atoms with E-state index in [9.17, 15) is 24.0 Å². The van der Waals surface area contributed by atoms with E-state index in [0.717, 1.165) is 24.8 Å². The van der Waals surface area contributed by atoms with E-state index in [-0.39, 0.29) is 31.8 Å². The zero-order valence-electron chi connectivity index (χ0n) is 32.9. The molecule has 0 aliphatic carbocycles. The molecule has 10 nitrogen and oxygen atoms in total. The largest absolute Gasteiger partial charge is 0.464 e. The van der Waals surface area contributed by atoms with Crippen LogP contribution in [0.1, 0.15) is 141 Å². The first-order chi connectivity index (χ1) is 26.2. The number of rotatable bonds is 30. The van der Waals surface area contributed by atoms with Crippen LogP contribution in [0.4, 0.5) is 0 Å². The Morgan fingerprint density at radius 1 is 0.630 bits per heavy atom. The Morgan fingerprint density at radius 2 is 1.19 bits per heavy atom. The number of nitrogens with one attached hydrogen (secondary N) is 3. The fourth-order valence-corrected chi connectivity index (χ4v) is 7.07. The van der Waals surface area contributed by atoms with Gasteiger partial charge in [-0.25, -0.2) is 9.59 Å². The predicted molar refractivity (Wildman–Crippen MR) is 217 cm³/mol. The van der Waals surface area contributed by atoms with Crippen LogP contribution in [0.3, 0.4) is 0 Å². The molecule has 0 heterocycles. The van der Waals surface area contributed by atoms with Crippen LogP contribution in [0.2, 0.25) is 0 Å². The Labute approximate surface area is 328 Å². The highest BCUT2D eigenvalue weighted by Gasteiger charge is 2.30. The van der Waals surface area contributed by atoms with Crippen molar-refractivity contribution < 1.29 is 33.4 Å². The van der Waals surface area contributed by atoms with Crippen LogP contribution < -0.4 is 16.0 Å². The monoisotopic (exact) mass is 767 g/mol. The Morgan fingerprint density at radius 3 is 1.74 bits per heavy atom. The van der Waals surface area contributed by atoms with Gasteiger partial charge in [-0.1, -0.05) is 151 Å². The highest BCUT2D eigenvalue weighted by atomic mass is 32.2. The number of benzene rings is 2. The van der Waals surface area contributed by atoms with Gasteiger partial charge in [0.25, 0.3) is 0 Å². The van der Waals surface area contributed by atoms with Gasteiger partial charge in [-0.2, -0.15) is 11.8 Å². The molecule has 300 valence electrons. The average molecular weight is 768 g/mol. The van der Waals surface area contributed by atoms with Crippen LogP contribution in [0.15, 0.2) is 60.7 Å². The van der Waals surface area contributed by atoms with Crippen LogP contribution in [0.25, 0.3) is 0 Å². The molecule has 54 heavy (non-hydrogen) atoms. The van der Waals surface area contributed by atoms with Crippen molar-refractivity contribution in [3.8, 4) is 0 Å². The van der Waals surface area contributed by atoms with E-state index in [1.807, 2.05) is 36.4 Å². The summed E-state index contributed by atoms with van der Waals surface area (Å²) in [7, 11) is 0. The second kappa shape index (κ2) is 29.5. The Bertz CT molecular complexity index is 1350. The standard InChI is InChI=1S/C43H65N3O7S/c1-4-6-7-8-9-10-11-12-13-14-15-16-17-24-31-53-43(51)40(36-27-22-19-23-28-36)46-41(49)38(33-54-32-35-25-20-18-21-26-35)45-39(48)30-29-37(44-34(3)47)42(50)52-5-2/h18-23,25-28,37-38,40H,4-17,24,29-33H2,1-3H3,(H,44,47)(H,45,48)(H,46,49). The summed E-state index contributed by atoms with van der Waals surface area (Å²) < 4.78 is 10.7. The zero-order valence-corrected chi connectivity index (χ0v) is 33.7. The Balaban J connectivity index is 1.93. The first kappa shape index (κ1) is 46.3. The van der Waals surface area contributed by atoms with Crippen LogP contribution in [-0.4, -0.2) is 60.7 Å². The van der Waals surface area contributed by atoms with Crippen molar-refractivity contribution in [2.45, 2.75) is 147 Å². The molecule has 2 rings (SSSR count). The van der Waals surface area contributed by atoms with Gasteiger partial charge >= 0.3 is 11.9 Å². The summed E-state index contributed by atoms with van der Waals surface area (Å²) >= 11 is 1.47. The fraction of sp³-hybridized carbons (Fsp3) is 0.605. The molecule has 3 N–H and O–H groups in total. The summed E-state index contributed by atoms with van der Waals surface area (Å²) in [5.41, 5.74) is 1.64. The van der Waals surface area contributed by atoms with E-state index in [1.165, 1.54) is 89.3 Å². The van der Waals surface area contributed by atoms with Gasteiger partial charge in [0.2, 0.25) is 17.7 Å². The molecule has 0 spiro atoms. The lowest BCUT2D eigenvalue weighted by Crippen LogP contribution is -2.50. The predicted octanol–water partition coefficient (Wildman–Crippen LogP) is 8.13. The Kier molecular flexibility index (Phi) is 25.3. The van der Waals surface area contributed by atoms with Crippen molar-refractivity contribution in [3.05, 3.63) is 71.8 Å². The lowest BCUT2D eigenvalue weighted by Gasteiger charge is -2.23. The molecule has 0 saturated carbocycles. The molecule has 0 aliphatic heterocycles. The average Bonchev–Trinajstić information content (AvgIpc) is 3.17. The van der Waals surface area contributed by atoms with E-state index < -0.39 is 47.8 Å². The van der Waals surface area contributed by atoms with Gasteiger partial charge in [0, 0.05) is 24.9 Å². The number of carbonyl (C=O) groups is 5. The molecule has 2 aromatic rings. The van der Waals surface area contributed by atoms with Gasteiger partial charge < -0.3 is 25.4 Å². The maximum atomic E-state index is 13.8. The molecule has 0 aliphatic rings. The molecule has 0 radical (unpaired) electrons. The van der Waals surface area contributed by atoms with Gasteiger partial charge in [0.05, 0.1) is 13.2 Å². The third-order valence-electron chi connectivity index (χ3n) is 9.05. The zero-order chi connectivity index (χ0) is 39.2. The summed E-state index contributed by atoms with van der Waals surface area (Å²) in [5.74, 6) is -1.79. The summed E-state index contributed by atoms with van der Waals surface area (Å²) in [6, 6.07) is 15.7. The molecular weight excluding hydrogens is 703 g/mol. The van der Waals surface area contributed by atoms with Gasteiger partial charge in [0.1, 0.15) is 12.1 Å². The third kappa shape index (κ3) is 21.1. The summed E-state index contributed by atoms with van der Waals surface area (Å²) in [4.78, 5) is 64.4. The van der Waals surface area contributed by atoms with E-state index in [1.54, 1.807) is 31.2 Å². The number of carbonyl (C=O) groups excluding carboxylic acids is 5. The second-order valence-corrected chi connectivity index (χ2v) is 14.8. The maximum absolute atomic E-state index is 13.8. The van der Waals surface area contributed by atoms with Crippen molar-refractivity contribution in [1.29, 1.82) is 0 Å². The Hall–Kier alpha value is -3.86. The minimum Gasteiger partial charge on any atom is -0.464 e. The van der Waals surface area contributed by atoms with E-state index in [0.29, 0.717) is 11.3 Å². The number of amides is 3. The van der Waals surface area contributed by atoms with Gasteiger partial charge in [-0.3, -0.25) is 14.4 Å². The first-order valence-corrected chi connectivity index (χ1v) is 21.3. The van der Waals surface area contributed by atoms with Crippen molar-refractivity contribution in [2.75, 3.05) is 19.0 Å². The SMILES string of the molecule is CCCCCCCCCCCCCCCCOC(=O)C(NC(=O)C(CSCc1ccccc1)NC(=O)CCC(NC(C)=O)C(=O)OCC)c1ccccc1. The van der Waals surface area contributed by atoms with Crippen molar-refractivity contribution >= 4 is 41.4 Å². The number of thioether (sulfide) groups is 1. The second-order valence-electron chi connectivity index (χ2n) is 13.8. The molecule has 11 heteroatoms. The molecule has 0 fully saturated rings. The molecular formula is C43H65N3O7S. The molecule has 3 atom stereocenters. The van der Waals surface area contributed by atoms with Crippen molar-refractivity contribution in [1.82, 2.24) is 16.0 Å². The third-order valence-corrected chi connectivity index (χ3v) is 10.2. The highest BCUT2D eigenvalue weighted by Crippen LogP contribution is 2.18. The number of unbranched alkanes of at least 4 members (excludes halogenated alkanes) is 13. The maximum Gasteiger partial charge on any atom is 0.333 e. The fourth-order valence-electron chi connectivity index (χ4n) is 6.05. The number of ether oxygens (including phenoxy) is 2. The molecule has 0 bridgehead atoms. The summed E-state index contributed by atoms with van der Waals surface area (Å²) in [6.07, 6.45) is 17.1. The van der Waals surface area contributed by atoms with Gasteiger partial charge in [0.15, 0.2) is 6.04 Å². The van der Waals surface area contributed by atoms with E-state index >= 15 is 0 Å². The lowest BCUT2D eigenvalue weighted by molar-refractivity contribution is -0.148. The van der Waals surface area contributed by atoms with Crippen LogP contribution >= 0.6 is 11.8 Å². The van der Waals surface area contributed by atoms with Crippen molar-refractivity contribution in [3.63, 3.8) is 0 Å². The van der Waals surface area contributed by atoms with E-state index in [4.69, 9.17) is 9.47 Å². The topological polar surface area (TPSA) is 140 Å². The quantitative estimate of drug-likeness (QED) is 0.0535. The van der Waals surface area contributed by atoms with Crippen LogP contribution in [-0.2, 0) is 39.2 Å². The first-order valence-electron chi connectivity index (χ1n) is 20.1. The summed E-state index contributed by atoms with van der Waals surface area (Å²) in [6.45, 7) is 5.59. The number of esters is 2. The highest BCUT2D eigenvalue weighted by molar-refractivity contribution is 7.98.